The van der Waals surface area contributed by atoms with E-state index in [9.17, 15) is 18.9 Å². The number of rotatable bonds is 6. The molecule has 0 aliphatic heterocycles. The SMILES string of the molecule is O=[N+]([O-])c1ccc(CNCc2ccc(C(F)F)cc2)cc1. The number of hydrogen-bond donors (Lipinski definition) is 1. The zero-order chi connectivity index (χ0) is 15.2. The van der Waals surface area contributed by atoms with Gasteiger partial charge in [-0.2, -0.15) is 0 Å². The van der Waals surface area contributed by atoms with Crippen LogP contribution in [0, 0.1) is 10.1 Å². The van der Waals surface area contributed by atoms with Crippen molar-refractivity contribution in [3.8, 4) is 0 Å². The summed E-state index contributed by atoms with van der Waals surface area (Å²) < 4.78 is 24.8. The number of alkyl halides is 2. The Morgan fingerprint density at radius 1 is 0.952 bits per heavy atom. The third-order valence-electron chi connectivity index (χ3n) is 3.04. The summed E-state index contributed by atoms with van der Waals surface area (Å²) in [7, 11) is 0. The first-order valence-corrected chi connectivity index (χ1v) is 6.37. The molecule has 0 aromatic heterocycles. The van der Waals surface area contributed by atoms with Gasteiger partial charge in [-0.1, -0.05) is 36.4 Å². The van der Waals surface area contributed by atoms with E-state index in [0.29, 0.717) is 13.1 Å². The molecule has 0 aliphatic carbocycles. The van der Waals surface area contributed by atoms with Gasteiger partial charge < -0.3 is 5.32 Å². The number of nitro groups is 1. The van der Waals surface area contributed by atoms with Gasteiger partial charge in [0.15, 0.2) is 0 Å². The Kier molecular flexibility index (Phi) is 4.94. The Morgan fingerprint density at radius 3 is 1.86 bits per heavy atom. The van der Waals surface area contributed by atoms with E-state index in [1.165, 1.54) is 24.3 Å². The Hall–Kier alpha value is -2.34. The molecule has 110 valence electrons. The highest BCUT2D eigenvalue weighted by atomic mass is 19.3. The molecular weight excluding hydrogens is 278 g/mol. The minimum absolute atomic E-state index is 0.00844. The predicted molar refractivity (Wildman–Crippen MR) is 75.0 cm³/mol. The van der Waals surface area contributed by atoms with Crippen LogP contribution in [-0.2, 0) is 13.1 Å². The van der Waals surface area contributed by atoms with E-state index >= 15 is 0 Å². The number of nitro benzene ring substituents is 1. The molecule has 0 fully saturated rings. The van der Waals surface area contributed by atoms with Crippen molar-refractivity contribution in [1.29, 1.82) is 0 Å². The second-order valence-electron chi connectivity index (χ2n) is 4.57. The lowest BCUT2D eigenvalue weighted by molar-refractivity contribution is -0.384. The zero-order valence-electron chi connectivity index (χ0n) is 11.1. The van der Waals surface area contributed by atoms with Crippen LogP contribution in [-0.4, -0.2) is 4.92 Å². The van der Waals surface area contributed by atoms with E-state index in [-0.39, 0.29) is 11.3 Å². The molecule has 4 nitrogen and oxygen atoms in total. The van der Waals surface area contributed by atoms with Gasteiger partial charge in [-0.3, -0.25) is 10.1 Å². The highest BCUT2D eigenvalue weighted by molar-refractivity contribution is 5.32. The van der Waals surface area contributed by atoms with Gasteiger partial charge in [0.2, 0.25) is 0 Å². The number of halogens is 2. The summed E-state index contributed by atoms with van der Waals surface area (Å²) >= 11 is 0. The van der Waals surface area contributed by atoms with Gasteiger partial charge in [-0.05, 0) is 11.1 Å². The van der Waals surface area contributed by atoms with Gasteiger partial charge in [0.25, 0.3) is 12.1 Å². The molecule has 0 bridgehead atoms. The Balaban J connectivity index is 1.85. The van der Waals surface area contributed by atoms with Crippen molar-refractivity contribution >= 4 is 5.69 Å². The van der Waals surface area contributed by atoms with E-state index in [4.69, 9.17) is 0 Å². The Labute approximate surface area is 120 Å². The summed E-state index contributed by atoms with van der Waals surface area (Å²) in [6.45, 7) is 1.09. The summed E-state index contributed by atoms with van der Waals surface area (Å²) in [6, 6.07) is 12.4. The molecule has 6 heteroatoms. The number of non-ortho nitro benzene ring substituents is 1. The molecule has 0 spiro atoms. The van der Waals surface area contributed by atoms with Crippen molar-refractivity contribution in [3.05, 3.63) is 75.3 Å². The normalized spacial score (nSPS) is 10.8. The molecular formula is C15H14F2N2O2. The Bertz CT molecular complexity index is 598. The summed E-state index contributed by atoms with van der Waals surface area (Å²) in [5, 5.41) is 13.7. The molecule has 1 N–H and O–H groups in total. The maximum Gasteiger partial charge on any atom is 0.269 e. The van der Waals surface area contributed by atoms with Crippen LogP contribution in [0.25, 0.3) is 0 Å². The lowest BCUT2D eigenvalue weighted by atomic mass is 10.1. The van der Waals surface area contributed by atoms with Gasteiger partial charge in [0.05, 0.1) is 4.92 Å². The standard InChI is InChI=1S/C15H14F2N2O2/c16-15(17)13-5-1-11(2-6-13)9-18-10-12-3-7-14(8-4-12)19(20)21/h1-8,15,18H,9-10H2. The molecule has 0 saturated carbocycles. The third kappa shape index (κ3) is 4.32. The molecule has 2 aromatic carbocycles. The third-order valence-corrected chi connectivity index (χ3v) is 3.04. The molecule has 2 rings (SSSR count). The van der Waals surface area contributed by atoms with Crippen molar-refractivity contribution in [3.63, 3.8) is 0 Å². The van der Waals surface area contributed by atoms with Crippen LogP contribution < -0.4 is 5.32 Å². The van der Waals surface area contributed by atoms with Gasteiger partial charge in [-0.15, -0.1) is 0 Å². The van der Waals surface area contributed by atoms with Crippen LogP contribution >= 0.6 is 0 Å². The maximum atomic E-state index is 12.4. The fourth-order valence-corrected chi connectivity index (χ4v) is 1.87. The molecule has 0 unspecified atom stereocenters. The topological polar surface area (TPSA) is 55.2 Å². The molecule has 0 radical (unpaired) electrons. The minimum atomic E-state index is -2.45. The fraction of sp³-hybridized carbons (Fsp3) is 0.200. The van der Waals surface area contributed by atoms with Crippen molar-refractivity contribution in [2.24, 2.45) is 0 Å². The first-order valence-electron chi connectivity index (χ1n) is 6.37. The highest BCUT2D eigenvalue weighted by Gasteiger charge is 2.06. The predicted octanol–water partition coefficient (Wildman–Crippen LogP) is 3.82. The van der Waals surface area contributed by atoms with Crippen LogP contribution in [0.3, 0.4) is 0 Å². The van der Waals surface area contributed by atoms with Gasteiger partial charge in [0.1, 0.15) is 0 Å². The van der Waals surface area contributed by atoms with Gasteiger partial charge in [-0.25, -0.2) is 8.78 Å². The van der Waals surface area contributed by atoms with Crippen molar-refractivity contribution < 1.29 is 13.7 Å². The van der Waals surface area contributed by atoms with E-state index < -0.39 is 11.3 Å². The van der Waals surface area contributed by atoms with Crippen LogP contribution in [0.2, 0.25) is 0 Å². The maximum absolute atomic E-state index is 12.4. The van der Waals surface area contributed by atoms with Crippen LogP contribution in [0.1, 0.15) is 23.1 Å². The molecule has 0 aliphatic rings. The summed E-state index contributed by atoms with van der Waals surface area (Å²) in [5.74, 6) is 0. The number of nitrogens with one attached hydrogen (secondary N) is 1. The van der Waals surface area contributed by atoms with Crippen LogP contribution in [0.15, 0.2) is 48.5 Å². The summed E-state index contributed by atoms with van der Waals surface area (Å²) in [5.41, 5.74) is 1.89. The second kappa shape index (κ2) is 6.90. The summed E-state index contributed by atoms with van der Waals surface area (Å²) in [4.78, 5) is 10.1. The van der Waals surface area contributed by atoms with Crippen LogP contribution in [0.5, 0.6) is 0 Å². The Morgan fingerprint density at radius 2 is 1.43 bits per heavy atom. The van der Waals surface area contributed by atoms with E-state index in [0.717, 1.165) is 11.1 Å². The zero-order valence-corrected chi connectivity index (χ0v) is 11.1. The highest BCUT2D eigenvalue weighted by Crippen LogP contribution is 2.18. The van der Waals surface area contributed by atoms with Crippen molar-refractivity contribution in [2.75, 3.05) is 0 Å². The monoisotopic (exact) mass is 292 g/mol. The average Bonchev–Trinajstić information content (AvgIpc) is 2.48. The average molecular weight is 292 g/mol. The van der Waals surface area contributed by atoms with Crippen LogP contribution in [0.4, 0.5) is 14.5 Å². The molecule has 2 aromatic rings. The smallest absolute Gasteiger partial charge is 0.269 e. The lowest BCUT2D eigenvalue weighted by Crippen LogP contribution is -2.12. The molecule has 0 amide bonds. The molecule has 0 heterocycles. The fourth-order valence-electron chi connectivity index (χ4n) is 1.87. The number of nitrogens with zero attached hydrogens (tertiary/aromatic N) is 1. The minimum Gasteiger partial charge on any atom is -0.309 e. The summed E-state index contributed by atoms with van der Waals surface area (Å²) in [6.07, 6.45) is -2.45. The molecule has 0 atom stereocenters. The quantitative estimate of drug-likeness (QED) is 0.650. The lowest BCUT2D eigenvalue weighted by Gasteiger charge is -2.06. The van der Waals surface area contributed by atoms with E-state index in [2.05, 4.69) is 5.32 Å². The van der Waals surface area contributed by atoms with Crippen molar-refractivity contribution in [1.82, 2.24) is 5.32 Å². The second-order valence-corrected chi connectivity index (χ2v) is 4.57. The van der Waals surface area contributed by atoms with E-state index in [1.807, 2.05) is 0 Å². The first kappa shape index (κ1) is 15.1. The molecule has 0 saturated heterocycles. The first-order chi connectivity index (χ1) is 10.1. The number of hydrogen-bond acceptors (Lipinski definition) is 3. The van der Waals surface area contributed by atoms with Gasteiger partial charge >= 0.3 is 0 Å². The van der Waals surface area contributed by atoms with E-state index in [1.54, 1.807) is 24.3 Å². The van der Waals surface area contributed by atoms with Gasteiger partial charge in [0, 0.05) is 30.8 Å². The molecule has 21 heavy (non-hydrogen) atoms. The van der Waals surface area contributed by atoms with Crippen molar-refractivity contribution in [2.45, 2.75) is 19.5 Å². The largest absolute Gasteiger partial charge is 0.309 e. The number of benzene rings is 2.